The summed E-state index contributed by atoms with van der Waals surface area (Å²) in [5.41, 5.74) is 2.94. The van der Waals surface area contributed by atoms with Crippen LogP contribution in [0, 0.1) is 13.8 Å². The number of hydrogen-bond donors (Lipinski definition) is 1. The molecule has 1 aliphatic heterocycles. The van der Waals surface area contributed by atoms with Crippen molar-refractivity contribution in [1.82, 2.24) is 14.5 Å². The van der Waals surface area contributed by atoms with Crippen LogP contribution in [0.3, 0.4) is 0 Å². The molecule has 0 spiro atoms. The molecule has 4 rings (SSSR count). The van der Waals surface area contributed by atoms with Crippen LogP contribution in [-0.4, -0.2) is 33.1 Å². The van der Waals surface area contributed by atoms with Crippen molar-refractivity contribution < 1.29 is 18.0 Å². The van der Waals surface area contributed by atoms with Crippen LogP contribution < -0.4 is 5.32 Å². The molecule has 0 bridgehead atoms. The van der Waals surface area contributed by atoms with Crippen molar-refractivity contribution in [2.75, 3.05) is 11.9 Å². The standard InChI is InChI=1S/C19H17F3N4OS/c1-11-9-14(12(2)26(11)18-23-7-8-28-18)16-24-15-6-4-3-5-13(15)17(27)25(16)10-19(20,21)22/h3-9,16,24H,10H2,1-2H3/t16-/m1/s1. The number of nitrogens with zero attached hydrogens (tertiary/aromatic N) is 3. The second-order valence-electron chi connectivity index (χ2n) is 6.62. The van der Waals surface area contributed by atoms with Gasteiger partial charge in [0.1, 0.15) is 12.7 Å². The first-order chi connectivity index (χ1) is 13.3. The summed E-state index contributed by atoms with van der Waals surface area (Å²) in [6.45, 7) is 2.35. The molecule has 0 aliphatic carbocycles. The Morgan fingerprint density at radius 3 is 2.68 bits per heavy atom. The fourth-order valence-electron chi connectivity index (χ4n) is 3.58. The van der Waals surface area contributed by atoms with Crippen LogP contribution in [0.5, 0.6) is 0 Å². The highest BCUT2D eigenvalue weighted by atomic mass is 32.1. The highest BCUT2D eigenvalue weighted by Crippen LogP contribution is 2.37. The van der Waals surface area contributed by atoms with Crippen molar-refractivity contribution in [2.24, 2.45) is 0 Å². The molecule has 2 aromatic heterocycles. The van der Waals surface area contributed by atoms with Gasteiger partial charge in [0.25, 0.3) is 5.91 Å². The zero-order valence-corrected chi connectivity index (χ0v) is 15.9. The largest absolute Gasteiger partial charge is 0.406 e. The Balaban J connectivity index is 1.83. The number of carbonyl (C=O) groups is 1. The van der Waals surface area contributed by atoms with Crippen LogP contribution in [0.15, 0.2) is 41.9 Å². The molecule has 1 amide bonds. The van der Waals surface area contributed by atoms with E-state index in [1.54, 1.807) is 30.5 Å². The Labute approximate surface area is 163 Å². The molecular formula is C19H17F3N4OS. The molecule has 0 saturated carbocycles. The lowest BCUT2D eigenvalue weighted by Gasteiger charge is -2.38. The Bertz CT molecular complexity index is 1030. The molecule has 0 saturated heterocycles. The first-order valence-electron chi connectivity index (χ1n) is 8.58. The SMILES string of the molecule is Cc1cc([C@@H]2Nc3ccccc3C(=O)N2CC(F)(F)F)c(C)n1-c1nccs1. The predicted molar refractivity (Wildman–Crippen MR) is 101 cm³/mol. The van der Waals surface area contributed by atoms with Gasteiger partial charge in [0.2, 0.25) is 0 Å². The van der Waals surface area contributed by atoms with Gasteiger partial charge < -0.3 is 10.2 Å². The number of thiazole rings is 1. The van der Waals surface area contributed by atoms with E-state index in [1.807, 2.05) is 23.8 Å². The van der Waals surface area contributed by atoms with E-state index in [0.29, 0.717) is 11.3 Å². The van der Waals surface area contributed by atoms with E-state index < -0.39 is 24.8 Å². The number of carbonyl (C=O) groups excluding carboxylic acids is 1. The summed E-state index contributed by atoms with van der Waals surface area (Å²) in [6.07, 6.45) is -3.76. The number of anilines is 1. The van der Waals surface area contributed by atoms with E-state index in [2.05, 4.69) is 10.3 Å². The Morgan fingerprint density at radius 1 is 1.25 bits per heavy atom. The quantitative estimate of drug-likeness (QED) is 0.687. The van der Waals surface area contributed by atoms with Crippen molar-refractivity contribution >= 4 is 22.9 Å². The maximum atomic E-state index is 13.3. The van der Waals surface area contributed by atoms with Gasteiger partial charge in [-0.1, -0.05) is 12.1 Å². The van der Waals surface area contributed by atoms with Gasteiger partial charge in [0, 0.05) is 34.2 Å². The molecule has 5 nitrogen and oxygen atoms in total. The van der Waals surface area contributed by atoms with E-state index in [-0.39, 0.29) is 5.56 Å². The molecule has 1 aliphatic rings. The molecule has 146 valence electrons. The summed E-state index contributed by atoms with van der Waals surface area (Å²) in [7, 11) is 0. The van der Waals surface area contributed by atoms with Crippen LogP contribution in [-0.2, 0) is 0 Å². The molecule has 1 atom stereocenters. The van der Waals surface area contributed by atoms with Crippen molar-refractivity contribution in [1.29, 1.82) is 0 Å². The molecule has 28 heavy (non-hydrogen) atoms. The van der Waals surface area contributed by atoms with Gasteiger partial charge in [0.15, 0.2) is 5.13 Å². The van der Waals surface area contributed by atoms with Gasteiger partial charge in [0.05, 0.1) is 5.56 Å². The minimum absolute atomic E-state index is 0.233. The number of nitrogens with one attached hydrogen (secondary N) is 1. The minimum atomic E-state index is -4.51. The number of rotatable bonds is 3. The fourth-order valence-corrected chi connectivity index (χ4v) is 4.33. The van der Waals surface area contributed by atoms with Gasteiger partial charge >= 0.3 is 6.18 Å². The predicted octanol–water partition coefficient (Wildman–Crippen LogP) is 4.68. The summed E-state index contributed by atoms with van der Waals surface area (Å²) < 4.78 is 41.6. The number of para-hydroxylation sites is 1. The molecule has 9 heteroatoms. The topological polar surface area (TPSA) is 50.2 Å². The molecule has 1 aromatic carbocycles. The average molecular weight is 406 g/mol. The zero-order valence-electron chi connectivity index (χ0n) is 15.1. The van der Waals surface area contributed by atoms with Crippen molar-refractivity contribution in [3.63, 3.8) is 0 Å². The van der Waals surface area contributed by atoms with Crippen LogP contribution in [0.2, 0.25) is 0 Å². The summed E-state index contributed by atoms with van der Waals surface area (Å²) in [6, 6.07) is 8.42. The van der Waals surface area contributed by atoms with Gasteiger partial charge in [-0.15, -0.1) is 11.3 Å². The van der Waals surface area contributed by atoms with Crippen LogP contribution in [0.25, 0.3) is 5.13 Å². The zero-order chi connectivity index (χ0) is 20.1. The number of fused-ring (bicyclic) bond motifs is 1. The van der Waals surface area contributed by atoms with E-state index in [1.165, 1.54) is 17.4 Å². The first kappa shape index (κ1) is 18.5. The van der Waals surface area contributed by atoms with Crippen molar-refractivity contribution in [2.45, 2.75) is 26.2 Å². The van der Waals surface area contributed by atoms with E-state index >= 15 is 0 Å². The number of halogens is 3. The van der Waals surface area contributed by atoms with Crippen LogP contribution in [0.4, 0.5) is 18.9 Å². The maximum absolute atomic E-state index is 13.3. The number of hydrogen-bond acceptors (Lipinski definition) is 4. The van der Waals surface area contributed by atoms with Gasteiger partial charge in [-0.3, -0.25) is 9.36 Å². The summed E-state index contributed by atoms with van der Waals surface area (Å²) in [5, 5.41) is 5.68. The molecule has 3 aromatic rings. The summed E-state index contributed by atoms with van der Waals surface area (Å²) in [5.74, 6) is -0.643. The molecule has 3 heterocycles. The number of amides is 1. The summed E-state index contributed by atoms with van der Waals surface area (Å²) >= 11 is 1.44. The Morgan fingerprint density at radius 2 is 2.00 bits per heavy atom. The lowest BCUT2D eigenvalue weighted by atomic mass is 10.0. The highest BCUT2D eigenvalue weighted by Gasteiger charge is 2.41. The lowest BCUT2D eigenvalue weighted by Crippen LogP contribution is -2.47. The molecular weight excluding hydrogens is 389 g/mol. The van der Waals surface area contributed by atoms with Crippen LogP contribution in [0.1, 0.15) is 33.5 Å². The molecule has 0 radical (unpaired) electrons. The van der Waals surface area contributed by atoms with E-state index in [4.69, 9.17) is 0 Å². The Kier molecular flexibility index (Phi) is 4.41. The van der Waals surface area contributed by atoms with Gasteiger partial charge in [-0.05, 0) is 32.0 Å². The molecule has 1 N–H and O–H groups in total. The fraction of sp³-hybridized carbons (Fsp3) is 0.263. The number of alkyl halides is 3. The number of aryl methyl sites for hydroxylation is 1. The number of aromatic nitrogens is 2. The second-order valence-corrected chi connectivity index (χ2v) is 7.49. The molecule has 0 fully saturated rings. The van der Waals surface area contributed by atoms with Crippen molar-refractivity contribution in [3.05, 3.63) is 64.4 Å². The minimum Gasteiger partial charge on any atom is -0.361 e. The van der Waals surface area contributed by atoms with Crippen molar-refractivity contribution in [3.8, 4) is 5.13 Å². The third kappa shape index (κ3) is 3.15. The average Bonchev–Trinajstić information content (AvgIpc) is 3.24. The monoisotopic (exact) mass is 406 g/mol. The van der Waals surface area contributed by atoms with Gasteiger partial charge in [-0.25, -0.2) is 4.98 Å². The Hall–Kier alpha value is -2.81. The second kappa shape index (κ2) is 6.66. The third-order valence-electron chi connectivity index (χ3n) is 4.75. The van der Waals surface area contributed by atoms with Crippen LogP contribution >= 0.6 is 11.3 Å². The van der Waals surface area contributed by atoms with E-state index in [0.717, 1.165) is 21.4 Å². The molecule has 0 unspecified atom stereocenters. The van der Waals surface area contributed by atoms with Gasteiger partial charge in [-0.2, -0.15) is 13.2 Å². The highest BCUT2D eigenvalue weighted by molar-refractivity contribution is 7.12. The number of benzene rings is 1. The summed E-state index contributed by atoms with van der Waals surface area (Å²) in [4.78, 5) is 18.0. The third-order valence-corrected chi connectivity index (χ3v) is 5.50. The van der Waals surface area contributed by atoms with E-state index in [9.17, 15) is 18.0 Å². The maximum Gasteiger partial charge on any atom is 0.406 e. The lowest BCUT2D eigenvalue weighted by molar-refractivity contribution is -0.144. The smallest absolute Gasteiger partial charge is 0.361 e. The first-order valence-corrected chi connectivity index (χ1v) is 9.46. The normalized spacial score (nSPS) is 16.8.